The van der Waals surface area contributed by atoms with Gasteiger partial charge in [-0.05, 0) is 24.2 Å². The molecule has 0 heterocycles. The van der Waals surface area contributed by atoms with Crippen LogP contribution in [0.4, 0.5) is 0 Å². The summed E-state index contributed by atoms with van der Waals surface area (Å²) in [7, 11) is 1.03. The lowest BCUT2D eigenvalue weighted by atomic mass is 10.1. The number of halogens is 1. The van der Waals surface area contributed by atoms with Crippen molar-refractivity contribution < 1.29 is 5.11 Å². The van der Waals surface area contributed by atoms with Crippen LogP contribution in [0, 0.1) is 11.8 Å². The predicted octanol–water partition coefficient (Wildman–Crippen LogP) is 2.60. The summed E-state index contributed by atoms with van der Waals surface area (Å²) in [5, 5.41) is 8.94. The van der Waals surface area contributed by atoms with E-state index in [1.54, 1.807) is 0 Å². The molecule has 86 valence electrons. The van der Waals surface area contributed by atoms with Gasteiger partial charge in [-0.2, -0.15) is 0 Å². The summed E-state index contributed by atoms with van der Waals surface area (Å²) in [6.45, 7) is 11.4. The Morgan fingerprint density at radius 2 is 1.86 bits per heavy atom. The highest BCUT2D eigenvalue weighted by atomic mass is 127. The molecule has 0 amide bonds. The molecule has 0 bridgehead atoms. The van der Waals surface area contributed by atoms with Gasteiger partial charge in [0.25, 0.3) is 0 Å². The van der Waals surface area contributed by atoms with E-state index in [-0.39, 0.29) is 0 Å². The molecule has 0 aliphatic carbocycles. The van der Waals surface area contributed by atoms with Crippen LogP contribution < -0.4 is 0 Å². The lowest BCUT2D eigenvalue weighted by molar-refractivity contribution is 0.216. The monoisotopic (exact) mass is 331 g/mol. The first kappa shape index (κ1) is 15.1. The first-order chi connectivity index (χ1) is 6.51. The molecule has 3 unspecified atom stereocenters. The van der Waals surface area contributed by atoms with Crippen LogP contribution >= 0.6 is 31.4 Å². The van der Waals surface area contributed by atoms with Crippen LogP contribution in [0.3, 0.4) is 0 Å². The van der Waals surface area contributed by atoms with Crippen molar-refractivity contribution in [2.24, 2.45) is 11.8 Å². The largest absolute Gasteiger partial charge is 0.396 e. The lowest BCUT2D eigenvalue weighted by Crippen LogP contribution is -2.28. The molecule has 4 heteroatoms. The van der Waals surface area contributed by atoms with Crippen LogP contribution in [0.25, 0.3) is 0 Å². The summed E-state index contributed by atoms with van der Waals surface area (Å²) >= 11 is 2.37. The van der Waals surface area contributed by atoms with Gasteiger partial charge >= 0.3 is 0 Å². The van der Waals surface area contributed by atoms with E-state index in [0.717, 1.165) is 33.2 Å². The predicted molar refractivity (Wildman–Crippen MR) is 74.7 cm³/mol. The molecule has 0 rings (SSSR count). The number of aliphatic hydroxyl groups is 1. The van der Waals surface area contributed by atoms with E-state index in [4.69, 9.17) is 5.11 Å². The quantitative estimate of drug-likeness (QED) is 0.440. The molecule has 1 N–H and O–H groups in total. The van der Waals surface area contributed by atoms with E-state index >= 15 is 0 Å². The summed E-state index contributed by atoms with van der Waals surface area (Å²) in [5.41, 5.74) is 0.816. The van der Waals surface area contributed by atoms with Crippen molar-refractivity contribution in [1.82, 2.24) is 3.11 Å². The van der Waals surface area contributed by atoms with E-state index in [9.17, 15) is 0 Å². The van der Waals surface area contributed by atoms with Crippen molar-refractivity contribution in [2.45, 2.75) is 26.4 Å². The van der Waals surface area contributed by atoms with E-state index in [1.807, 2.05) is 0 Å². The number of hydrogen-bond donors (Lipinski definition) is 1. The molecular weight excluding hydrogens is 308 g/mol. The van der Waals surface area contributed by atoms with Crippen molar-refractivity contribution in [3.8, 4) is 0 Å². The molecule has 2 nitrogen and oxygen atoms in total. The number of nitrogens with zero attached hydrogens (tertiary/aromatic N) is 1. The van der Waals surface area contributed by atoms with Gasteiger partial charge < -0.3 is 5.11 Å². The third kappa shape index (κ3) is 6.54. The zero-order valence-electron chi connectivity index (χ0n) is 9.63. The summed E-state index contributed by atoms with van der Waals surface area (Å²) < 4.78 is 2.31. The van der Waals surface area contributed by atoms with E-state index in [2.05, 4.69) is 53.4 Å². The highest BCUT2D eigenvalue weighted by molar-refractivity contribution is 14.1. The van der Waals surface area contributed by atoms with Gasteiger partial charge in [-0.3, -0.25) is 0 Å². The maximum Gasteiger partial charge on any atom is 0.0469 e. The van der Waals surface area contributed by atoms with E-state index in [0.29, 0.717) is 12.5 Å². The van der Waals surface area contributed by atoms with Gasteiger partial charge in [0.1, 0.15) is 0 Å². The first-order valence-corrected chi connectivity index (χ1v) is 7.74. The SMILES string of the molecule is CPC(C)[C@@H](C)CN(I)CC(C)CO. The average Bonchev–Trinajstić information content (AvgIpc) is 2.15. The Balaban J connectivity index is 3.75. The highest BCUT2D eigenvalue weighted by Gasteiger charge is 2.14. The van der Waals surface area contributed by atoms with E-state index in [1.165, 1.54) is 0 Å². The normalized spacial score (nSPS) is 19.1. The summed E-state index contributed by atoms with van der Waals surface area (Å²) in [5.74, 6) is 1.14. The molecule has 0 aromatic heterocycles. The van der Waals surface area contributed by atoms with Crippen molar-refractivity contribution in [3.63, 3.8) is 0 Å². The summed E-state index contributed by atoms with van der Waals surface area (Å²) in [6.07, 6.45) is 0. The fraction of sp³-hybridized carbons (Fsp3) is 1.00. The zero-order valence-corrected chi connectivity index (χ0v) is 12.8. The van der Waals surface area contributed by atoms with Gasteiger partial charge in [0.05, 0.1) is 0 Å². The van der Waals surface area contributed by atoms with Crippen LogP contribution in [-0.4, -0.2) is 40.2 Å². The summed E-state index contributed by atoms with van der Waals surface area (Å²) in [4.78, 5) is 0. The molecule has 0 saturated carbocycles. The molecular formula is C10H23INOP. The maximum atomic E-state index is 8.94. The molecule has 0 fully saturated rings. The molecule has 0 saturated heterocycles. The minimum absolute atomic E-state index is 0.291. The third-order valence-corrected chi connectivity index (χ3v) is 4.88. The molecule has 0 aromatic carbocycles. The van der Waals surface area contributed by atoms with Crippen LogP contribution in [-0.2, 0) is 0 Å². The Hall–Kier alpha value is 1.08. The van der Waals surface area contributed by atoms with Gasteiger partial charge in [0.2, 0.25) is 0 Å². The Morgan fingerprint density at radius 1 is 1.29 bits per heavy atom. The van der Waals surface area contributed by atoms with Crippen LogP contribution in [0.5, 0.6) is 0 Å². The molecule has 0 radical (unpaired) electrons. The molecule has 0 aliphatic heterocycles. The van der Waals surface area contributed by atoms with Crippen molar-refractivity contribution in [1.29, 1.82) is 0 Å². The Labute approximate surface area is 104 Å². The maximum absolute atomic E-state index is 8.94. The Morgan fingerprint density at radius 3 is 2.29 bits per heavy atom. The second kappa shape index (κ2) is 8.26. The van der Waals surface area contributed by atoms with Crippen molar-refractivity contribution in [3.05, 3.63) is 0 Å². The van der Waals surface area contributed by atoms with Crippen LogP contribution in [0.15, 0.2) is 0 Å². The highest BCUT2D eigenvalue weighted by Crippen LogP contribution is 2.23. The smallest absolute Gasteiger partial charge is 0.0469 e. The third-order valence-electron chi connectivity index (χ3n) is 2.62. The van der Waals surface area contributed by atoms with E-state index < -0.39 is 0 Å². The number of rotatable bonds is 7. The Kier molecular flexibility index (Phi) is 8.89. The Bertz CT molecular complexity index is 148. The molecule has 0 aromatic rings. The summed E-state index contributed by atoms with van der Waals surface area (Å²) in [6, 6.07) is 0. The van der Waals surface area contributed by atoms with Gasteiger partial charge in [0, 0.05) is 42.6 Å². The molecule has 0 aliphatic rings. The zero-order chi connectivity index (χ0) is 11.1. The number of aliphatic hydroxyl groups excluding tert-OH is 1. The van der Waals surface area contributed by atoms with Gasteiger partial charge in [0.15, 0.2) is 0 Å². The molecule has 0 spiro atoms. The minimum atomic E-state index is 0.291. The van der Waals surface area contributed by atoms with Crippen LogP contribution in [0.1, 0.15) is 20.8 Å². The minimum Gasteiger partial charge on any atom is -0.396 e. The van der Waals surface area contributed by atoms with Gasteiger partial charge in [-0.15, -0.1) is 8.58 Å². The van der Waals surface area contributed by atoms with Crippen LogP contribution in [0.2, 0.25) is 0 Å². The topological polar surface area (TPSA) is 23.5 Å². The average molecular weight is 331 g/mol. The second-order valence-electron chi connectivity index (χ2n) is 4.17. The van der Waals surface area contributed by atoms with Crippen molar-refractivity contribution in [2.75, 3.05) is 26.4 Å². The van der Waals surface area contributed by atoms with Gasteiger partial charge in [-0.25, -0.2) is 3.11 Å². The fourth-order valence-electron chi connectivity index (χ4n) is 1.23. The lowest BCUT2D eigenvalue weighted by Gasteiger charge is -2.25. The second-order valence-corrected chi connectivity index (χ2v) is 7.02. The molecule has 4 atom stereocenters. The standard InChI is InChI=1S/C10H23INOP/c1-8(7-13)5-12(11)6-9(2)10(3)14-4/h8-10,13-14H,5-7H2,1-4H3/t8?,9-,10?/m0/s1. The van der Waals surface area contributed by atoms with Gasteiger partial charge in [-0.1, -0.05) is 20.8 Å². The first-order valence-electron chi connectivity index (χ1n) is 5.20. The molecule has 14 heavy (non-hydrogen) atoms. The fourth-order valence-corrected chi connectivity index (χ4v) is 3.19. The number of hydrogen-bond acceptors (Lipinski definition) is 2. The van der Waals surface area contributed by atoms with Crippen molar-refractivity contribution >= 4 is 31.4 Å².